The summed E-state index contributed by atoms with van der Waals surface area (Å²) in [4.78, 5) is 11.8. The van der Waals surface area contributed by atoms with Crippen LogP contribution in [0.3, 0.4) is 0 Å². The summed E-state index contributed by atoms with van der Waals surface area (Å²) < 4.78 is 13.5. The minimum atomic E-state index is -0.468. The van der Waals surface area contributed by atoms with Crippen molar-refractivity contribution in [3.05, 3.63) is 76.7 Å². The number of carbonyl (C=O) groups excluding carboxylic acids is 1. The van der Waals surface area contributed by atoms with E-state index in [2.05, 4.69) is 5.32 Å². The second kappa shape index (κ2) is 6.35. The maximum absolute atomic E-state index is 13.5. The fourth-order valence-electron chi connectivity index (χ4n) is 1.63. The molecular weight excluding hydrogens is 277 g/mol. The molecule has 2 aromatic rings. The predicted octanol–water partition coefficient (Wildman–Crippen LogP) is 4.60. The second-order valence-corrected chi connectivity index (χ2v) is 4.77. The van der Waals surface area contributed by atoms with Gasteiger partial charge in [-0.15, -0.1) is 0 Å². The molecule has 0 aliphatic heterocycles. The van der Waals surface area contributed by atoms with Gasteiger partial charge in [-0.3, -0.25) is 4.79 Å². The number of halogens is 2. The van der Waals surface area contributed by atoms with Crippen LogP contribution in [0.25, 0.3) is 0 Å². The lowest BCUT2D eigenvalue weighted by molar-refractivity contribution is 0.104. The highest BCUT2D eigenvalue weighted by molar-refractivity contribution is 6.30. The number of benzene rings is 2. The Morgan fingerprint density at radius 3 is 2.55 bits per heavy atom. The summed E-state index contributed by atoms with van der Waals surface area (Å²) in [6.45, 7) is 1.95. The molecule has 0 spiro atoms. The number of anilines is 1. The number of rotatable bonds is 4. The van der Waals surface area contributed by atoms with Gasteiger partial charge >= 0.3 is 0 Å². The van der Waals surface area contributed by atoms with Crippen LogP contribution in [0.15, 0.2) is 54.7 Å². The Kier molecular flexibility index (Phi) is 4.53. The molecule has 2 aromatic carbocycles. The first kappa shape index (κ1) is 14.3. The number of aryl methyl sites for hydroxylation is 1. The number of ketones is 1. The summed E-state index contributed by atoms with van der Waals surface area (Å²) in [5.74, 6) is -0.614. The zero-order valence-electron chi connectivity index (χ0n) is 10.9. The van der Waals surface area contributed by atoms with Crippen molar-refractivity contribution in [1.29, 1.82) is 0 Å². The van der Waals surface area contributed by atoms with Crippen molar-refractivity contribution in [3.8, 4) is 0 Å². The largest absolute Gasteiger partial charge is 0.359 e. The first-order valence-electron chi connectivity index (χ1n) is 6.05. The lowest BCUT2D eigenvalue weighted by atomic mass is 10.1. The summed E-state index contributed by atoms with van der Waals surface area (Å²) >= 11 is 5.65. The third-order valence-corrected chi connectivity index (χ3v) is 2.98. The fourth-order valence-corrected chi connectivity index (χ4v) is 1.79. The van der Waals surface area contributed by atoms with Gasteiger partial charge in [0.1, 0.15) is 5.82 Å². The Morgan fingerprint density at radius 2 is 1.90 bits per heavy atom. The number of hydrogen-bond acceptors (Lipinski definition) is 2. The molecule has 0 fully saturated rings. The molecule has 1 N–H and O–H groups in total. The van der Waals surface area contributed by atoms with Gasteiger partial charge in [-0.2, -0.15) is 0 Å². The molecule has 0 heterocycles. The topological polar surface area (TPSA) is 29.1 Å². The number of hydrogen-bond donors (Lipinski definition) is 1. The Bertz CT molecular complexity index is 650. The molecule has 2 rings (SSSR count). The molecule has 0 bridgehead atoms. The van der Waals surface area contributed by atoms with Gasteiger partial charge in [0.15, 0.2) is 5.78 Å². The molecule has 0 unspecified atom stereocenters. The number of allylic oxidation sites excluding steroid dienone is 1. The summed E-state index contributed by atoms with van der Waals surface area (Å²) in [5, 5.41) is 3.04. The van der Waals surface area contributed by atoms with Gasteiger partial charge in [0, 0.05) is 22.9 Å². The molecule has 2 nitrogen and oxygen atoms in total. The van der Waals surface area contributed by atoms with Crippen LogP contribution in [0.2, 0.25) is 5.02 Å². The van der Waals surface area contributed by atoms with E-state index in [-0.39, 0.29) is 11.5 Å². The number of carbonyl (C=O) groups is 1. The van der Waals surface area contributed by atoms with Crippen LogP contribution in [0.5, 0.6) is 0 Å². The van der Waals surface area contributed by atoms with Gasteiger partial charge in [0.25, 0.3) is 0 Å². The lowest BCUT2D eigenvalue weighted by Gasteiger charge is -2.02. The highest BCUT2D eigenvalue weighted by Crippen LogP contribution is 2.18. The van der Waals surface area contributed by atoms with Crippen molar-refractivity contribution < 1.29 is 9.18 Å². The zero-order valence-corrected chi connectivity index (χ0v) is 11.6. The van der Waals surface area contributed by atoms with E-state index >= 15 is 0 Å². The normalized spacial score (nSPS) is 10.8. The maximum Gasteiger partial charge on any atom is 0.187 e. The summed E-state index contributed by atoms with van der Waals surface area (Å²) in [6.07, 6.45) is 2.77. The number of nitrogens with one attached hydrogen (secondary N) is 1. The van der Waals surface area contributed by atoms with Crippen molar-refractivity contribution >= 4 is 23.1 Å². The van der Waals surface area contributed by atoms with E-state index < -0.39 is 5.82 Å². The SMILES string of the molecule is Cc1ccc(C(=O)/C=C\Nc2ccc(Cl)cc2F)cc1. The lowest BCUT2D eigenvalue weighted by Crippen LogP contribution is -1.97. The third kappa shape index (κ3) is 3.68. The molecule has 102 valence electrons. The van der Waals surface area contributed by atoms with Crippen molar-refractivity contribution in [2.24, 2.45) is 0 Å². The molecule has 0 aromatic heterocycles. The van der Waals surface area contributed by atoms with E-state index in [1.165, 1.54) is 24.4 Å². The van der Waals surface area contributed by atoms with E-state index in [0.29, 0.717) is 10.6 Å². The molecule has 0 saturated carbocycles. The molecular formula is C16H13ClFNO. The second-order valence-electron chi connectivity index (χ2n) is 4.33. The Labute approximate surface area is 121 Å². The summed E-state index contributed by atoms with van der Waals surface area (Å²) in [6, 6.07) is 11.5. The van der Waals surface area contributed by atoms with E-state index in [1.54, 1.807) is 18.2 Å². The molecule has 0 amide bonds. The van der Waals surface area contributed by atoms with Crippen LogP contribution in [0.1, 0.15) is 15.9 Å². The van der Waals surface area contributed by atoms with Crippen LogP contribution >= 0.6 is 11.6 Å². The standard InChI is InChI=1S/C16H13ClFNO/c1-11-2-4-12(5-3-11)16(20)8-9-19-15-7-6-13(17)10-14(15)18/h2-10,19H,1H3/b9-8-. The Balaban J connectivity index is 2.02. The highest BCUT2D eigenvalue weighted by Gasteiger charge is 2.02. The summed E-state index contributed by atoms with van der Waals surface area (Å²) in [7, 11) is 0. The van der Waals surface area contributed by atoms with E-state index in [4.69, 9.17) is 11.6 Å². The average Bonchev–Trinajstić information content (AvgIpc) is 2.42. The van der Waals surface area contributed by atoms with Gasteiger partial charge in [-0.1, -0.05) is 41.4 Å². The molecule has 0 aliphatic carbocycles. The van der Waals surface area contributed by atoms with Crippen LogP contribution < -0.4 is 5.32 Å². The molecule has 20 heavy (non-hydrogen) atoms. The van der Waals surface area contributed by atoms with E-state index in [0.717, 1.165) is 5.56 Å². The van der Waals surface area contributed by atoms with Crippen LogP contribution in [-0.2, 0) is 0 Å². The minimum Gasteiger partial charge on any atom is -0.359 e. The minimum absolute atomic E-state index is 0.146. The van der Waals surface area contributed by atoms with E-state index in [9.17, 15) is 9.18 Å². The molecule has 4 heteroatoms. The van der Waals surface area contributed by atoms with Gasteiger partial charge < -0.3 is 5.32 Å². The van der Waals surface area contributed by atoms with E-state index in [1.807, 2.05) is 19.1 Å². The van der Waals surface area contributed by atoms with Crippen LogP contribution in [0, 0.1) is 12.7 Å². The highest BCUT2D eigenvalue weighted by atomic mass is 35.5. The molecule has 0 atom stereocenters. The average molecular weight is 290 g/mol. The monoisotopic (exact) mass is 289 g/mol. The van der Waals surface area contributed by atoms with Crippen molar-refractivity contribution in [2.75, 3.05) is 5.32 Å². The maximum atomic E-state index is 13.5. The zero-order chi connectivity index (χ0) is 14.5. The molecule has 0 radical (unpaired) electrons. The first-order chi connectivity index (χ1) is 9.56. The van der Waals surface area contributed by atoms with Crippen molar-refractivity contribution in [2.45, 2.75) is 6.92 Å². The quantitative estimate of drug-likeness (QED) is 0.658. The van der Waals surface area contributed by atoms with Crippen LogP contribution in [-0.4, -0.2) is 5.78 Å². The molecule has 0 saturated heterocycles. The summed E-state index contributed by atoms with van der Waals surface area (Å²) in [5.41, 5.74) is 1.94. The van der Waals surface area contributed by atoms with Crippen molar-refractivity contribution in [3.63, 3.8) is 0 Å². The van der Waals surface area contributed by atoms with Crippen molar-refractivity contribution in [1.82, 2.24) is 0 Å². The Hall–Kier alpha value is -2.13. The Morgan fingerprint density at radius 1 is 1.20 bits per heavy atom. The smallest absolute Gasteiger partial charge is 0.187 e. The first-order valence-corrected chi connectivity index (χ1v) is 6.43. The van der Waals surface area contributed by atoms with Gasteiger partial charge in [-0.05, 0) is 25.1 Å². The predicted molar refractivity (Wildman–Crippen MR) is 79.7 cm³/mol. The fraction of sp³-hybridized carbons (Fsp3) is 0.0625. The third-order valence-electron chi connectivity index (χ3n) is 2.74. The van der Waals surface area contributed by atoms with Gasteiger partial charge in [0.05, 0.1) is 5.69 Å². The van der Waals surface area contributed by atoms with Gasteiger partial charge in [-0.25, -0.2) is 4.39 Å². The molecule has 0 aliphatic rings. The van der Waals surface area contributed by atoms with Crippen LogP contribution in [0.4, 0.5) is 10.1 Å². The van der Waals surface area contributed by atoms with Gasteiger partial charge in [0.2, 0.25) is 0 Å².